The maximum atomic E-state index is 11.9. The molecule has 3 nitrogen and oxygen atoms in total. The molecule has 1 aliphatic carbocycles. The van der Waals surface area contributed by atoms with Crippen molar-refractivity contribution in [2.24, 2.45) is 5.92 Å². The van der Waals surface area contributed by atoms with E-state index < -0.39 is 0 Å². The maximum Gasteiger partial charge on any atom is 0.238 e. The zero-order valence-corrected chi connectivity index (χ0v) is 13.5. The van der Waals surface area contributed by atoms with Crippen LogP contribution in [0.5, 0.6) is 0 Å². The van der Waals surface area contributed by atoms with Crippen LogP contribution in [0, 0.1) is 5.92 Å². The number of carbonyl (C=O) groups excluding carboxylic acids is 1. The highest BCUT2D eigenvalue weighted by Gasteiger charge is 2.19. The van der Waals surface area contributed by atoms with Crippen molar-refractivity contribution in [2.75, 3.05) is 11.9 Å². The minimum absolute atomic E-state index is 0.00204. The normalized spacial score (nSPS) is 18.0. The maximum absolute atomic E-state index is 11.9. The second-order valence-electron chi connectivity index (χ2n) is 5.98. The minimum Gasteiger partial charge on any atom is -0.325 e. The van der Waals surface area contributed by atoms with Gasteiger partial charge in [-0.1, -0.05) is 37.3 Å². The first kappa shape index (κ1) is 16.3. The predicted molar refractivity (Wildman–Crippen MR) is 88.7 cm³/mol. The van der Waals surface area contributed by atoms with Gasteiger partial charge >= 0.3 is 0 Å². The molecule has 2 rings (SSSR count). The lowest BCUT2D eigenvalue weighted by Gasteiger charge is -2.23. The number of halogens is 1. The van der Waals surface area contributed by atoms with Crippen LogP contribution in [-0.4, -0.2) is 18.5 Å². The van der Waals surface area contributed by atoms with Crippen molar-refractivity contribution in [3.63, 3.8) is 0 Å². The van der Waals surface area contributed by atoms with E-state index in [1.165, 1.54) is 38.5 Å². The molecule has 21 heavy (non-hydrogen) atoms. The number of amides is 1. The van der Waals surface area contributed by atoms with Gasteiger partial charge in [-0.25, -0.2) is 0 Å². The van der Waals surface area contributed by atoms with Crippen LogP contribution in [0.3, 0.4) is 0 Å². The molecule has 1 atom stereocenters. The largest absolute Gasteiger partial charge is 0.325 e. The Morgan fingerprint density at radius 3 is 2.43 bits per heavy atom. The first-order valence-corrected chi connectivity index (χ1v) is 8.32. The van der Waals surface area contributed by atoms with E-state index in [4.69, 9.17) is 11.6 Å². The van der Waals surface area contributed by atoms with E-state index in [0.29, 0.717) is 23.5 Å². The first-order chi connectivity index (χ1) is 10.1. The smallest absolute Gasteiger partial charge is 0.238 e. The van der Waals surface area contributed by atoms with Crippen LogP contribution in [0.1, 0.15) is 45.4 Å². The first-order valence-electron chi connectivity index (χ1n) is 7.94. The summed E-state index contributed by atoms with van der Waals surface area (Å²) in [4.78, 5) is 11.9. The van der Waals surface area contributed by atoms with Gasteiger partial charge in [0.2, 0.25) is 5.91 Å². The molecule has 0 radical (unpaired) electrons. The number of benzene rings is 1. The quantitative estimate of drug-likeness (QED) is 0.799. The highest BCUT2D eigenvalue weighted by Crippen LogP contribution is 2.25. The van der Waals surface area contributed by atoms with Crippen molar-refractivity contribution in [1.29, 1.82) is 0 Å². The van der Waals surface area contributed by atoms with Gasteiger partial charge in [0.1, 0.15) is 0 Å². The Morgan fingerprint density at radius 1 is 1.19 bits per heavy atom. The van der Waals surface area contributed by atoms with E-state index in [2.05, 4.69) is 17.6 Å². The fourth-order valence-corrected chi connectivity index (χ4v) is 3.10. The van der Waals surface area contributed by atoms with Gasteiger partial charge in [-0.05, 0) is 49.9 Å². The van der Waals surface area contributed by atoms with E-state index >= 15 is 0 Å². The van der Waals surface area contributed by atoms with Gasteiger partial charge in [0.05, 0.1) is 6.54 Å². The number of anilines is 1. The molecule has 1 aliphatic rings. The zero-order chi connectivity index (χ0) is 15.1. The van der Waals surface area contributed by atoms with Crippen molar-refractivity contribution in [2.45, 2.75) is 51.5 Å². The minimum atomic E-state index is -0.00204. The van der Waals surface area contributed by atoms with E-state index in [1.54, 1.807) is 12.1 Å². The molecule has 116 valence electrons. The van der Waals surface area contributed by atoms with Crippen molar-refractivity contribution < 1.29 is 4.79 Å². The number of carbonyl (C=O) groups is 1. The van der Waals surface area contributed by atoms with Crippen LogP contribution in [-0.2, 0) is 4.79 Å². The SMILES string of the molecule is C[C@H](NCC(=O)Nc1ccc(Cl)cc1)C1CCCCCC1. The molecule has 0 saturated heterocycles. The molecule has 1 aromatic rings. The predicted octanol–water partition coefficient (Wildman–Crippen LogP) is 4.23. The summed E-state index contributed by atoms with van der Waals surface area (Å²) in [5, 5.41) is 6.93. The molecule has 0 spiro atoms. The molecule has 0 bridgehead atoms. The van der Waals surface area contributed by atoms with Gasteiger partial charge in [-0.3, -0.25) is 4.79 Å². The number of hydrogen-bond donors (Lipinski definition) is 2. The highest BCUT2D eigenvalue weighted by molar-refractivity contribution is 6.30. The van der Waals surface area contributed by atoms with E-state index in [0.717, 1.165) is 5.69 Å². The van der Waals surface area contributed by atoms with Crippen LogP contribution in [0.4, 0.5) is 5.69 Å². The number of nitrogens with one attached hydrogen (secondary N) is 2. The van der Waals surface area contributed by atoms with E-state index in [9.17, 15) is 4.79 Å². The summed E-state index contributed by atoms with van der Waals surface area (Å²) in [5.41, 5.74) is 0.785. The standard InChI is InChI=1S/C17H25ClN2O/c1-13(14-6-4-2-3-5-7-14)19-12-17(21)20-16-10-8-15(18)9-11-16/h8-11,13-14,19H,2-7,12H2,1H3,(H,20,21)/t13-/m0/s1. The van der Waals surface area contributed by atoms with Crippen LogP contribution < -0.4 is 10.6 Å². The third-order valence-electron chi connectivity index (χ3n) is 4.32. The second kappa shape index (κ2) is 8.40. The summed E-state index contributed by atoms with van der Waals surface area (Å²) in [6.45, 7) is 2.56. The second-order valence-corrected chi connectivity index (χ2v) is 6.41. The van der Waals surface area contributed by atoms with Gasteiger partial charge in [0.15, 0.2) is 0 Å². The number of rotatable bonds is 5. The Morgan fingerprint density at radius 2 is 1.81 bits per heavy atom. The van der Waals surface area contributed by atoms with Crippen molar-refractivity contribution in [1.82, 2.24) is 5.32 Å². The summed E-state index contributed by atoms with van der Waals surface area (Å²) in [7, 11) is 0. The van der Waals surface area contributed by atoms with Gasteiger partial charge in [-0.15, -0.1) is 0 Å². The molecule has 0 aromatic heterocycles. The molecule has 1 amide bonds. The molecule has 0 unspecified atom stereocenters. The number of hydrogen-bond acceptors (Lipinski definition) is 2. The third kappa shape index (κ3) is 5.68. The molecular formula is C17H25ClN2O. The Labute approximate surface area is 132 Å². The molecule has 0 aliphatic heterocycles. The molecular weight excluding hydrogens is 284 g/mol. The van der Waals surface area contributed by atoms with E-state index in [1.807, 2.05) is 12.1 Å². The van der Waals surface area contributed by atoms with E-state index in [-0.39, 0.29) is 5.91 Å². The Kier molecular flexibility index (Phi) is 6.52. The van der Waals surface area contributed by atoms with Gasteiger partial charge in [0, 0.05) is 16.8 Å². The van der Waals surface area contributed by atoms with Gasteiger partial charge < -0.3 is 10.6 Å². The molecule has 1 aromatic carbocycles. The summed E-state index contributed by atoms with van der Waals surface area (Å²) >= 11 is 5.83. The monoisotopic (exact) mass is 308 g/mol. The summed E-state index contributed by atoms with van der Waals surface area (Å²) < 4.78 is 0. The molecule has 2 N–H and O–H groups in total. The molecule has 1 fully saturated rings. The molecule has 4 heteroatoms. The average Bonchev–Trinajstić information content (AvgIpc) is 2.76. The average molecular weight is 309 g/mol. The Balaban J connectivity index is 1.73. The Hall–Kier alpha value is -1.06. The van der Waals surface area contributed by atoms with Crippen LogP contribution in [0.15, 0.2) is 24.3 Å². The summed E-state index contributed by atoms with van der Waals surface area (Å²) in [6.07, 6.45) is 7.95. The topological polar surface area (TPSA) is 41.1 Å². The molecule has 0 heterocycles. The van der Waals surface area contributed by atoms with Gasteiger partial charge in [-0.2, -0.15) is 0 Å². The third-order valence-corrected chi connectivity index (χ3v) is 4.57. The van der Waals surface area contributed by atoms with Crippen LogP contribution in [0.2, 0.25) is 5.02 Å². The summed E-state index contributed by atoms with van der Waals surface area (Å²) in [5.74, 6) is 0.702. The van der Waals surface area contributed by atoms with Crippen molar-refractivity contribution in [3.05, 3.63) is 29.3 Å². The van der Waals surface area contributed by atoms with Crippen molar-refractivity contribution in [3.8, 4) is 0 Å². The van der Waals surface area contributed by atoms with Crippen LogP contribution >= 0.6 is 11.6 Å². The fourth-order valence-electron chi connectivity index (χ4n) is 2.97. The lowest BCUT2D eigenvalue weighted by Crippen LogP contribution is -2.38. The highest BCUT2D eigenvalue weighted by atomic mass is 35.5. The lowest BCUT2D eigenvalue weighted by atomic mass is 9.93. The zero-order valence-electron chi connectivity index (χ0n) is 12.7. The Bertz CT molecular complexity index is 439. The lowest BCUT2D eigenvalue weighted by molar-refractivity contribution is -0.115. The molecule has 1 saturated carbocycles. The summed E-state index contributed by atoms with van der Waals surface area (Å²) in [6, 6.07) is 7.58. The van der Waals surface area contributed by atoms with Crippen molar-refractivity contribution >= 4 is 23.2 Å². The van der Waals surface area contributed by atoms with Gasteiger partial charge in [0.25, 0.3) is 0 Å². The van der Waals surface area contributed by atoms with Crippen LogP contribution in [0.25, 0.3) is 0 Å². The fraction of sp³-hybridized carbons (Fsp3) is 0.588.